The second-order valence-electron chi connectivity index (χ2n) is 4.86. The monoisotopic (exact) mass is 264 g/mol. The summed E-state index contributed by atoms with van der Waals surface area (Å²) in [7, 11) is 0. The Morgan fingerprint density at radius 2 is 1.89 bits per heavy atom. The van der Waals surface area contributed by atoms with Gasteiger partial charge in [-0.05, 0) is 19.4 Å². The Kier molecular flexibility index (Phi) is 9.07. The molecule has 0 saturated carbocycles. The molecule has 0 spiro atoms. The molecule has 1 rings (SSSR count). The highest BCUT2D eigenvalue weighted by Crippen LogP contribution is 2.13. The topological polar surface area (TPSA) is 34.1 Å². The van der Waals surface area contributed by atoms with Crippen molar-refractivity contribution in [1.82, 2.24) is 4.98 Å². The minimum Gasteiger partial charge on any atom is -0.377 e. The summed E-state index contributed by atoms with van der Waals surface area (Å²) in [6.07, 6.45) is 9.65. The number of rotatable bonds is 11. The summed E-state index contributed by atoms with van der Waals surface area (Å²) in [5, 5.41) is 3.26. The zero-order valence-electron chi connectivity index (χ0n) is 12.5. The van der Waals surface area contributed by atoms with Crippen molar-refractivity contribution in [3.63, 3.8) is 0 Å². The lowest BCUT2D eigenvalue weighted by molar-refractivity contribution is 0.117. The Hall–Kier alpha value is -1.09. The number of ether oxygens (including phenoxy) is 1. The number of aromatic nitrogens is 1. The smallest absolute Gasteiger partial charge is 0.131 e. The molecule has 0 aromatic carbocycles. The summed E-state index contributed by atoms with van der Waals surface area (Å²) in [5.41, 5.74) is 1.15. The highest BCUT2D eigenvalue weighted by Gasteiger charge is 2.01. The van der Waals surface area contributed by atoms with Crippen LogP contribution in [-0.2, 0) is 11.3 Å². The first-order chi connectivity index (χ1) is 9.38. The Labute approximate surface area is 117 Å². The first-order valence-electron chi connectivity index (χ1n) is 7.64. The molecule has 0 amide bonds. The molecule has 0 atom stereocenters. The van der Waals surface area contributed by atoms with E-state index in [1.807, 2.05) is 12.3 Å². The Morgan fingerprint density at radius 3 is 2.68 bits per heavy atom. The lowest BCUT2D eigenvalue weighted by Gasteiger charge is -2.09. The van der Waals surface area contributed by atoms with Gasteiger partial charge in [0.05, 0.1) is 6.61 Å². The molecule has 0 bridgehead atoms. The zero-order chi connectivity index (χ0) is 13.8. The van der Waals surface area contributed by atoms with Crippen molar-refractivity contribution in [3.05, 3.63) is 23.9 Å². The number of nitrogens with one attached hydrogen (secondary N) is 1. The van der Waals surface area contributed by atoms with Gasteiger partial charge >= 0.3 is 0 Å². The van der Waals surface area contributed by atoms with Crippen LogP contribution >= 0.6 is 0 Å². The number of anilines is 1. The number of pyridine rings is 1. The van der Waals surface area contributed by atoms with Gasteiger partial charge in [0.1, 0.15) is 5.82 Å². The number of hydrogen-bond donors (Lipinski definition) is 1. The maximum Gasteiger partial charge on any atom is 0.131 e. The largest absolute Gasteiger partial charge is 0.377 e. The Balaban J connectivity index is 2.12. The molecule has 1 heterocycles. The van der Waals surface area contributed by atoms with Crippen molar-refractivity contribution in [3.8, 4) is 0 Å². The van der Waals surface area contributed by atoms with Crippen molar-refractivity contribution >= 4 is 5.82 Å². The van der Waals surface area contributed by atoms with Crippen LogP contribution in [-0.4, -0.2) is 18.1 Å². The van der Waals surface area contributed by atoms with Crippen molar-refractivity contribution in [2.45, 2.75) is 59.0 Å². The average molecular weight is 264 g/mol. The van der Waals surface area contributed by atoms with Crippen LogP contribution < -0.4 is 5.32 Å². The molecule has 0 aliphatic rings. The summed E-state index contributed by atoms with van der Waals surface area (Å²) < 4.78 is 5.73. The molecule has 19 heavy (non-hydrogen) atoms. The SMILES string of the molecule is CCCCCCCCOCc1cccnc1NCC. The third-order valence-corrected chi connectivity index (χ3v) is 3.14. The summed E-state index contributed by atoms with van der Waals surface area (Å²) in [5.74, 6) is 0.952. The summed E-state index contributed by atoms with van der Waals surface area (Å²) in [6, 6.07) is 4.04. The molecule has 1 aromatic heterocycles. The van der Waals surface area contributed by atoms with Gasteiger partial charge in [-0.3, -0.25) is 0 Å². The Morgan fingerprint density at radius 1 is 1.11 bits per heavy atom. The van der Waals surface area contributed by atoms with Crippen LogP contribution in [0.5, 0.6) is 0 Å². The van der Waals surface area contributed by atoms with Crippen molar-refractivity contribution in [2.24, 2.45) is 0 Å². The Bertz CT molecular complexity index is 328. The molecule has 108 valence electrons. The van der Waals surface area contributed by atoms with E-state index in [4.69, 9.17) is 4.74 Å². The molecule has 3 heteroatoms. The molecule has 1 aromatic rings. The van der Waals surface area contributed by atoms with Crippen LogP contribution in [0, 0.1) is 0 Å². The van der Waals surface area contributed by atoms with Crippen LogP contribution in [0.25, 0.3) is 0 Å². The summed E-state index contributed by atoms with van der Waals surface area (Å²) >= 11 is 0. The zero-order valence-corrected chi connectivity index (χ0v) is 12.5. The molecule has 0 radical (unpaired) electrons. The second kappa shape index (κ2) is 10.8. The van der Waals surface area contributed by atoms with Gasteiger partial charge in [0, 0.05) is 24.9 Å². The second-order valence-corrected chi connectivity index (χ2v) is 4.86. The van der Waals surface area contributed by atoms with Gasteiger partial charge in [-0.25, -0.2) is 4.98 Å². The fraction of sp³-hybridized carbons (Fsp3) is 0.688. The number of hydrogen-bond acceptors (Lipinski definition) is 3. The fourth-order valence-electron chi connectivity index (χ4n) is 2.05. The van der Waals surface area contributed by atoms with Gasteiger partial charge in [-0.2, -0.15) is 0 Å². The quantitative estimate of drug-likeness (QED) is 0.602. The van der Waals surface area contributed by atoms with E-state index in [0.717, 1.165) is 24.5 Å². The normalized spacial score (nSPS) is 10.6. The van der Waals surface area contributed by atoms with E-state index < -0.39 is 0 Å². The molecular formula is C16H28N2O. The first-order valence-corrected chi connectivity index (χ1v) is 7.64. The maximum atomic E-state index is 5.73. The maximum absolute atomic E-state index is 5.73. The van der Waals surface area contributed by atoms with E-state index in [1.165, 1.54) is 38.5 Å². The number of nitrogens with zero attached hydrogens (tertiary/aromatic N) is 1. The van der Waals surface area contributed by atoms with Crippen LogP contribution in [0.3, 0.4) is 0 Å². The first kappa shape index (κ1) is 16.0. The van der Waals surface area contributed by atoms with Gasteiger partial charge in [0.2, 0.25) is 0 Å². The van der Waals surface area contributed by atoms with E-state index in [1.54, 1.807) is 0 Å². The molecule has 0 aliphatic heterocycles. The van der Waals surface area contributed by atoms with Crippen LogP contribution in [0.2, 0.25) is 0 Å². The minimum absolute atomic E-state index is 0.658. The van der Waals surface area contributed by atoms with Gasteiger partial charge in [0.25, 0.3) is 0 Å². The molecule has 0 unspecified atom stereocenters. The van der Waals surface area contributed by atoms with Crippen LogP contribution in [0.1, 0.15) is 57.9 Å². The van der Waals surface area contributed by atoms with Gasteiger partial charge in [-0.15, -0.1) is 0 Å². The third-order valence-electron chi connectivity index (χ3n) is 3.14. The minimum atomic E-state index is 0.658. The van der Waals surface area contributed by atoms with Crippen LogP contribution in [0.4, 0.5) is 5.82 Å². The standard InChI is InChI=1S/C16H28N2O/c1-3-5-6-7-8-9-13-19-14-15-11-10-12-18-16(15)17-4-2/h10-12H,3-9,13-14H2,1-2H3,(H,17,18). The van der Waals surface area contributed by atoms with E-state index in [9.17, 15) is 0 Å². The van der Waals surface area contributed by atoms with Gasteiger partial charge < -0.3 is 10.1 Å². The highest BCUT2D eigenvalue weighted by atomic mass is 16.5. The third kappa shape index (κ3) is 7.16. The van der Waals surface area contributed by atoms with Gasteiger partial charge in [0.15, 0.2) is 0 Å². The summed E-state index contributed by atoms with van der Waals surface area (Å²) in [6.45, 7) is 6.73. The predicted molar refractivity (Wildman–Crippen MR) is 81.4 cm³/mol. The molecule has 0 fully saturated rings. The molecule has 3 nitrogen and oxygen atoms in total. The fourth-order valence-corrected chi connectivity index (χ4v) is 2.05. The lowest BCUT2D eigenvalue weighted by atomic mass is 10.1. The summed E-state index contributed by atoms with van der Waals surface area (Å²) in [4.78, 5) is 4.33. The predicted octanol–water partition coefficient (Wildman–Crippen LogP) is 4.39. The van der Waals surface area contributed by atoms with E-state index in [0.29, 0.717) is 6.61 Å². The molecule has 0 aliphatic carbocycles. The van der Waals surface area contributed by atoms with Crippen LogP contribution in [0.15, 0.2) is 18.3 Å². The number of unbranched alkanes of at least 4 members (excludes halogenated alkanes) is 5. The van der Waals surface area contributed by atoms with Gasteiger partial charge in [-0.1, -0.05) is 45.1 Å². The van der Waals surface area contributed by atoms with E-state index in [2.05, 4.69) is 30.2 Å². The van der Waals surface area contributed by atoms with E-state index >= 15 is 0 Å². The molecule has 0 saturated heterocycles. The highest BCUT2D eigenvalue weighted by molar-refractivity contribution is 5.42. The molecular weight excluding hydrogens is 236 g/mol. The molecule has 1 N–H and O–H groups in total. The van der Waals surface area contributed by atoms with Crippen molar-refractivity contribution < 1.29 is 4.74 Å². The average Bonchev–Trinajstić information content (AvgIpc) is 2.44. The lowest BCUT2D eigenvalue weighted by Crippen LogP contribution is -2.05. The van der Waals surface area contributed by atoms with Crippen molar-refractivity contribution in [2.75, 3.05) is 18.5 Å². The van der Waals surface area contributed by atoms with E-state index in [-0.39, 0.29) is 0 Å². The van der Waals surface area contributed by atoms with Crippen molar-refractivity contribution in [1.29, 1.82) is 0 Å².